The van der Waals surface area contributed by atoms with E-state index in [-0.39, 0.29) is 11.8 Å². The van der Waals surface area contributed by atoms with E-state index in [1.807, 2.05) is 35.0 Å². The lowest BCUT2D eigenvalue weighted by atomic mass is 10.2. The average Bonchev–Trinajstić information content (AvgIpc) is 3.31. The highest BCUT2D eigenvalue weighted by Crippen LogP contribution is 2.30. The number of thiophene rings is 1. The van der Waals surface area contributed by atoms with Crippen LogP contribution in [0.15, 0.2) is 47.2 Å². The highest BCUT2D eigenvalue weighted by molar-refractivity contribution is 7.14. The predicted molar refractivity (Wildman–Crippen MR) is 107 cm³/mol. The number of nitrogens with one attached hydrogen (secondary N) is 2. The second kappa shape index (κ2) is 8.93. The maximum absolute atomic E-state index is 12.0. The number of halogens is 1. The average molecular weight is 406 g/mol. The van der Waals surface area contributed by atoms with Gasteiger partial charge in [-0.05, 0) is 23.9 Å². The molecule has 26 heavy (non-hydrogen) atoms. The van der Waals surface area contributed by atoms with Gasteiger partial charge in [-0.1, -0.05) is 35.9 Å². The third-order valence-corrected chi connectivity index (χ3v) is 5.47. The minimum atomic E-state index is -0.129. The van der Waals surface area contributed by atoms with Crippen LogP contribution in [0.1, 0.15) is 22.5 Å². The number of carbonyl (C=O) groups is 2. The van der Waals surface area contributed by atoms with Gasteiger partial charge in [-0.15, -0.1) is 22.7 Å². The quantitative estimate of drug-likeness (QED) is 0.561. The molecule has 0 aliphatic rings. The molecular formula is C18H16ClN3O2S2. The van der Waals surface area contributed by atoms with E-state index < -0.39 is 0 Å². The molecule has 0 spiro atoms. The maximum Gasteiger partial charge on any atom is 0.261 e. The number of hydrogen-bond donors (Lipinski definition) is 2. The van der Waals surface area contributed by atoms with Crippen molar-refractivity contribution < 1.29 is 9.59 Å². The van der Waals surface area contributed by atoms with Crippen LogP contribution in [0.4, 0.5) is 5.13 Å². The molecule has 0 unspecified atom stereocenters. The summed E-state index contributed by atoms with van der Waals surface area (Å²) in [5.74, 6) is -0.236. The van der Waals surface area contributed by atoms with Crippen molar-refractivity contribution in [2.24, 2.45) is 0 Å². The molecule has 0 saturated heterocycles. The summed E-state index contributed by atoms with van der Waals surface area (Å²) in [5, 5.41) is 10.5. The zero-order chi connectivity index (χ0) is 18.4. The highest BCUT2D eigenvalue weighted by Gasteiger charge is 2.10. The van der Waals surface area contributed by atoms with Crippen molar-refractivity contribution in [2.75, 3.05) is 11.9 Å². The van der Waals surface area contributed by atoms with Gasteiger partial charge < -0.3 is 10.6 Å². The number of nitrogens with zero attached hydrogens (tertiary/aromatic N) is 1. The molecule has 0 radical (unpaired) electrons. The van der Waals surface area contributed by atoms with Crippen molar-refractivity contribution in [3.8, 4) is 11.3 Å². The lowest BCUT2D eigenvalue weighted by molar-refractivity contribution is -0.116. The molecular weight excluding hydrogens is 390 g/mol. The molecule has 5 nitrogen and oxygen atoms in total. The van der Waals surface area contributed by atoms with Crippen LogP contribution in [-0.2, 0) is 4.79 Å². The molecule has 0 fully saturated rings. The molecule has 0 aliphatic carbocycles. The maximum atomic E-state index is 12.0. The second-order valence-electron chi connectivity index (χ2n) is 5.40. The van der Waals surface area contributed by atoms with Gasteiger partial charge in [-0.25, -0.2) is 4.98 Å². The summed E-state index contributed by atoms with van der Waals surface area (Å²) >= 11 is 8.91. The molecule has 8 heteroatoms. The largest absolute Gasteiger partial charge is 0.351 e. The van der Waals surface area contributed by atoms with Gasteiger partial charge in [0.1, 0.15) is 0 Å². The first-order valence-electron chi connectivity index (χ1n) is 7.95. The predicted octanol–water partition coefficient (Wildman–Crippen LogP) is 4.67. The lowest BCUT2D eigenvalue weighted by Crippen LogP contribution is -2.24. The van der Waals surface area contributed by atoms with Crippen LogP contribution in [0.25, 0.3) is 11.3 Å². The van der Waals surface area contributed by atoms with Crippen LogP contribution in [0.5, 0.6) is 0 Å². The summed E-state index contributed by atoms with van der Waals surface area (Å²) < 4.78 is 0. The van der Waals surface area contributed by atoms with Crippen LogP contribution in [-0.4, -0.2) is 23.3 Å². The van der Waals surface area contributed by atoms with Crippen molar-refractivity contribution in [3.05, 3.63) is 57.1 Å². The molecule has 2 aromatic heterocycles. The summed E-state index contributed by atoms with van der Waals surface area (Å²) in [7, 11) is 0. The van der Waals surface area contributed by atoms with Crippen LogP contribution >= 0.6 is 34.3 Å². The zero-order valence-corrected chi connectivity index (χ0v) is 16.1. The van der Waals surface area contributed by atoms with Crippen LogP contribution in [0.2, 0.25) is 5.02 Å². The summed E-state index contributed by atoms with van der Waals surface area (Å²) in [5.41, 5.74) is 1.57. The first-order valence-corrected chi connectivity index (χ1v) is 10.1. The standard InChI is InChI=1S/C18H16ClN3O2S2/c19-13-6-2-1-5-12(13)14-11-26-18(21-14)22-16(23)8-3-9-20-17(24)15-7-4-10-25-15/h1-2,4-7,10-11H,3,8-9H2,(H,20,24)(H,21,22,23). The van der Waals surface area contributed by atoms with Gasteiger partial charge in [0.25, 0.3) is 5.91 Å². The van der Waals surface area contributed by atoms with E-state index in [1.54, 1.807) is 12.1 Å². The molecule has 2 amide bonds. The fourth-order valence-corrected chi connectivity index (χ4v) is 3.85. The van der Waals surface area contributed by atoms with E-state index in [0.29, 0.717) is 34.4 Å². The van der Waals surface area contributed by atoms with Crippen LogP contribution in [0, 0.1) is 0 Å². The third-order valence-electron chi connectivity index (χ3n) is 3.51. The Kier molecular flexibility index (Phi) is 6.38. The molecule has 0 atom stereocenters. The number of thiazole rings is 1. The monoisotopic (exact) mass is 405 g/mol. The zero-order valence-electron chi connectivity index (χ0n) is 13.7. The van der Waals surface area contributed by atoms with Gasteiger partial charge in [-0.3, -0.25) is 9.59 Å². The number of rotatable bonds is 7. The van der Waals surface area contributed by atoms with E-state index in [0.717, 1.165) is 11.3 Å². The van der Waals surface area contributed by atoms with Crippen molar-refractivity contribution in [2.45, 2.75) is 12.8 Å². The van der Waals surface area contributed by atoms with Crippen molar-refractivity contribution >= 4 is 51.2 Å². The Balaban J connectivity index is 1.44. The summed E-state index contributed by atoms with van der Waals surface area (Å²) in [6.07, 6.45) is 0.872. The Hall–Kier alpha value is -2.22. The Bertz CT molecular complexity index is 893. The minimum Gasteiger partial charge on any atom is -0.351 e. The first-order chi connectivity index (χ1) is 12.6. The molecule has 2 N–H and O–H groups in total. The van der Waals surface area contributed by atoms with E-state index in [4.69, 9.17) is 11.6 Å². The number of hydrogen-bond acceptors (Lipinski definition) is 5. The Morgan fingerprint density at radius 2 is 1.96 bits per heavy atom. The number of amides is 2. The lowest BCUT2D eigenvalue weighted by Gasteiger charge is -2.04. The van der Waals surface area contributed by atoms with Gasteiger partial charge in [0.2, 0.25) is 5.91 Å². The van der Waals surface area contributed by atoms with Crippen molar-refractivity contribution in [1.29, 1.82) is 0 Å². The van der Waals surface area contributed by atoms with Gasteiger partial charge in [0.05, 0.1) is 10.6 Å². The fourth-order valence-electron chi connectivity index (χ4n) is 2.25. The summed E-state index contributed by atoms with van der Waals surface area (Å²) in [4.78, 5) is 28.9. The number of aromatic nitrogens is 1. The third kappa shape index (κ3) is 4.91. The van der Waals surface area contributed by atoms with Gasteiger partial charge in [-0.2, -0.15) is 0 Å². The Labute approximate surface area is 164 Å². The van der Waals surface area contributed by atoms with E-state index in [1.165, 1.54) is 22.7 Å². The minimum absolute atomic E-state index is 0.107. The second-order valence-corrected chi connectivity index (χ2v) is 7.62. The van der Waals surface area contributed by atoms with E-state index in [2.05, 4.69) is 15.6 Å². The highest BCUT2D eigenvalue weighted by atomic mass is 35.5. The van der Waals surface area contributed by atoms with Gasteiger partial charge >= 0.3 is 0 Å². The van der Waals surface area contributed by atoms with E-state index in [9.17, 15) is 9.59 Å². The van der Waals surface area contributed by atoms with Gasteiger partial charge in [0, 0.05) is 28.9 Å². The number of carbonyl (C=O) groups excluding carboxylic acids is 2. The molecule has 3 aromatic rings. The van der Waals surface area contributed by atoms with Crippen molar-refractivity contribution in [1.82, 2.24) is 10.3 Å². The summed E-state index contributed by atoms with van der Waals surface area (Å²) in [6.45, 7) is 0.451. The van der Waals surface area contributed by atoms with Crippen LogP contribution in [0.3, 0.4) is 0 Å². The molecule has 0 saturated carbocycles. The Morgan fingerprint density at radius 3 is 2.73 bits per heavy atom. The number of anilines is 1. The Morgan fingerprint density at radius 1 is 1.12 bits per heavy atom. The molecule has 3 rings (SSSR count). The molecule has 0 bridgehead atoms. The molecule has 2 heterocycles. The SMILES string of the molecule is O=C(CCCNC(=O)c1cccs1)Nc1nc(-c2ccccc2Cl)cs1. The topological polar surface area (TPSA) is 71.1 Å². The van der Waals surface area contributed by atoms with E-state index >= 15 is 0 Å². The fraction of sp³-hybridized carbons (Fsp3) is 0.167. The normalized spacial score (nSPS) is 10.5. The van der Waals surface area contributed by atoms with Crippen molar-refractivity contribution in [3.63, 3.8) is 0 Å². The first kappa shape index (κ1) is 18.6. The van der Waals surface area contributed by atoms with Crippen LogP contribution < -0.4 is 10.6 Å². The molecule has 134 valence electrons. The summed E-state index contributed by atoms with van der Waals surface area (Å²) in [6, 6.07) is 11.0. The smallest absolute Gasteiger partial charge is 0.261 e. The molecule has 0 aliphatic heterocycles. The van der Waals surface area contributed by atoms with Gasteiger partial charge in [0.15, 0.2) is 5.13 Å². The number of benzene rings is 1. The molecule has 1 aromatic carbocycles.